The van der Waals surface area contributed by atoms with Gasteiger partial charge in [0.1, 0.15) is 10.8 Å². The highest BCUT2D eigenvalue weighted by atomic mass is 32.1. The minimum absolute atomic E-state index is 0.263. The molecule has 3 aromatic heterocycles. The maximum absolute atomic E-state index is 13.1. The lowest BCUT2D eigenvalue weighted by Gasteiger charge is -1.95. The first-order valence-corrected chi connectivity index (χ1v) is 8.16. The molecule has 0 atom stereocenters. The van der Waals surface area contributed by atoms with Crippen molar-refractivity contribution in [3.8, 4) is 22.1 Å². The van der Waals surface area contributed by atoms with Gasteiger partial charge in [-0.05, 0) is 36.4 Å². The predicted molar refractivity (Wildman–Crippen MR) is 91.3 cm³/mol. The zero-order valence-corrected chi connectivity index (χ0v) is 13.1. The van der Waals surface area contributed by atoms with Gasteiger partial charge in [-0.15, -0.1) is 10.2 Å². The van der Waals surface area contributed by atoms with Crippen molar-refractivity contribution in [1.29, 1.82) is 0 Å². The molecule has 7 heteroatoms. The van der Waals surface area contributed by atoms with Crippen LogP contribution in [0, 0.1) is 5.82 Å². The van der Waals surface area contributed by atoms with Crippen LogP contribution in [0.3, 0.4) is 0 Å². The Hall–Kier alpha value is -3.06. The van der Waals surface area contributed by atoms with E-state index in [0.29, 0.717) is 10.8 Å². The smallest absolute Gasteiger partial charge is 0.235 e. The molecule has 0 saturated heterocycles. The summed E-state index contributed by atoms with van der Waals surface area (Å²) in [6.07, 6.45) is 0. The molecule has 2 aromatic carbocycles. The Kier molecular flexibility index (Phi) is 2.77. The van der Waals surface area contributed by atoms with Crippen molar-refractivity contribution >= 4 is 27.2 Å². The van der Waals surface area contributed by atoms with Crippen LogP contribution in [0.25, 0.3) is 38.0 Å². The van der Waals surface area contributed by atoms with Crippen LogP contribution in [-0.2, 0) is 0 Å². The number of benzene rings is 2. The molecule has 0 aliphatic rings. The summed E-state index contributed by atoms with van der Waals surface area (Å²) in [7, 11) is 0. The number of H-pyrrole nitrogens is 1. The predicted octanol–water partition coefficient (Wildman–Crippen LogP) is 4.14. The number of para-hydroxylation sites is 1. The van der Waals surface area contributed by atoms with Gasteiger partial charge in [0.25, 0.3) is 0 Å². The molecule has 0 bridgehead atoms. The summed E-state index contributed by atoms with van der Waals surface area (Å²) in [5.74, 6) is 0.395. The highest BCUT2D eigenvalue weighted by Crippen LogP contribution is 2.29. The zero-order valence-electron chi connectivity index (χ0n) is 12.3. The van der Waals surface area contributed by atoms with Crippen molar-refractivity contribution < 1.29 is 4.39 Å². The molecule has 3 heterocycles. The standard InChI is InChI=1S/C17H10FN5S/c18-12-7-5-10(6-8-12)16-22-23-15(20-21-17(23)24-16)14-9-11-3-1-2-4-13(11)19-14/h1-9,19H. The molecule has 5 aromatic rings. The number of nitrogens with one attached hydrogen (secondary N) is 1. The third-order valence-corrected chi connectivity index (χ3v) is 4.80. The molecule has 0 spiro atoms. The molecule has 0 amide bonds. The highest BCUT2D eigenvalue weighted by Gasteiger charge is 2.16. The second kappa shape index (κ2) is 4.97. The van der Waals surface area contributed by atoms with Crippen molar-refractivity contribution in [2.75, 3.05) is 0 Å². The molecular weight excluding hydrogens is 325 g/mol. The molecule has 1 N–H and O–H groups in total. The fourth-order valence-electron chi connectivity index (χ4n) is 2.69. The fraction of sp³-hybridized carbons (Fsp3) is 0. The molecule has 0 unspecified atom stereocenters. The van der Waals surface area contributed by atoms with E-state index in [-0.39, 0.29) is 5.82 Å². The van der Waals surface area contributed by atoms with Gasteiger partial charge in [0.2, 0.25) is 10.8 Å². The third kappa shape index (κ3) is 2.02. The summed E-state index contributed by atoms with van der Waals surface area (Å²) >= 11 is 1.42. The molecule has 0 aliphatic carbocycles. The maximum atomic E-state index is 13.1. The molecule has 0 saturated carbocycles. The molecule has 5 rings (SSSR count). The molecule has 116 valence electrons. The van der Waals surface area contributed by atoms with E-state index in [1.807, 2.05) is 30.3 Å². The Labute approximate surface area is 139 Å². The molecule has 0 aliphatic heterocycles. The highest BCUT2D eigenvalue weighted by molar-refractivity contribution is 7.19. The fourth-order valence-corrected chi connectivity index (χ4v) is 3.53. The van der Waals surface area contributed by atoms with Crippen LogP contribution in [-0.4, -0.2) is 24.8 Å². The average Bonchev–Trinajstić information content (AvgIpc) is 3.28. The van der Waals surface area contributed by atoms with Gasteiger partial charge in [0.05, 0.1) is 5.69 Å². The summed E-state index contributed by atoms with van der Waals surface area (Å²) in [6.45, 7) is 0. The first-order chi connectivity index (χ1) is 11.8. The van der Waals surface area contributed by atoms with Crippen molar-refractivity contribution in [3.05, 3.63) is 60.4 Å². The number of aromatic amines is 1. The zero-order chi connectivity index (χ0) is 16.1. The van der Waals surface area contributed by atoms with Crippen molar-refractivity contribution in [1.82, 2.24) is 24.8 Å². The number of aromatic nitrogens is 5. The average molecular weight is 335 g/mol. The lowest BCUT2D eigenvalue weighted by molar-refractivity contribution is 0.628. The van der Waals surface area contributed by atoms with Crippen molar-refractivity contribution in [2.24, 2.45) is 0 Å². The first-order valence-electron chi connectivity index (χ1n) is 7.34. The monoisotopic (exact) mass is 335 g/mol. The maximum Gasteiger partial charge on any atom is 0.235 e. The Morgan fingerprint density at radius 2 is 1.83 bits per heavy atom. The van der Waals surface area contributed by atoms with Gasteiger partial charge < -0.3 is 4.98 Å². The van der Waals surface area contributed by atoms with Crippen LogP contribution in [0.5, 0.6) is 0 Å². The van der Waals surface area contributed by atoms with E-state index in [2.05, 4.69) is 20.3 Å². The summed E-state index contributed by atoms with van der Waals surface area (Å²) in [4.78, 5) is 4.04. The second-order valence-corrected chi connectivity index (χ2v) is 6.36. The minimum atomic E-state index is -0.263. The van der Waals surface area contributed by atoms with E-state index in [1.54, 1.807) is 16.6 Å². The Morgan fingerprint density at radius 3 is 2.67 bits per heavy atom. The van der Waals surface area contributed by atoms with E-state index in [1.165, 1.54) is 23.5 Å². The van der Waals surface area contributed by atoms with Crippen LogP contribution in [0.4, 0.5) is 4.39 Å². The summed E-state index contributed by atoms with van der Waals surface area (Å²) in [5.41, 5.74) is 2.76. The van der Waals surface area contributed by atoms with Crippen LogP contribution in [0.1, 0.15) is 0 Å². The molecular formula is C17H10FN5S. The molecule has 5 nitrogen and oxygen atoms in total. The number of halogens is 1. The number of hydrogen-bond acceptors (Lipinski definition) is 4. The van der Waals surface area contributed by atoms with Gasteiger partial charge in [-0.25, -0.2) is 4.39 Å². The van der Waals surface area contributed by atoms with E-state index in [4.69, 9.17) is 0 Å². The van der Waals surface area contributed by atoms with Crippen LogP contribution >= 0.6 is 11.3 Å². The van der Waals surface area contributed by atoms with Gasteiger partial charge in [0.15, 0.2) is 0 Å². The topological polar surface area (TPSA) is 58.9 Å². The van der Waals surface area contributed by atoms with Gasteiger partial charge in [-0.3, -0.25) is 0 Å². The van der Waals surface area contributed by atoms with Crippen molar-refractivity contribution in [3.63, 3.8) is 0 Å². The largest absolute Gasteiger partial charge is 0.352 e. The van der Waals surface area contributed by atoms with E-state index >= 15 is 0 Å². The molecule has 24 heavy (non-hydrogen) atoms. The normalized spacial score (nSPS) is 11.5. The van der Waals surface area contributed by atoms with Crippen LogP contribution < -0.4 is 0 Å². The minimum Gasteiger partial charge on any atom is -0.352 e. The van der Waals surface area contributed by atoms with E-state index < -0.39 is 0 Å². The summed E-state index contributed by atoms with van der Waals surface area (Å²) < 4.78 is 14.8. The van der Waals surface area contributed by atoms with Gasteiger partial charge >= 0.3 is 0 Å². The van der Waals surface area contributed by atoms with Gasteiger partial charge in [-0.2, -0.15) is 9.61 Å². The summed E-state index contributed by atoms with van der Waals surface area (Å²) in [6, 6.07) is 16.3. The van der Waals surface area contributed by atoms with E-state index in [0.717, 1.165) is 27.2 Å². The third-order valence-electron chi connectivity index (χ3n) is 3.85. The lowest BCUT2D eigenvalue weighted by Crippen LogP contribution is -1.91. The summed E-state index contributed by atoms with van der Waals surface area (Å²) in [5, 5.41) is 14.9. The first kappa shape index (κ1) is 13.4. The van der Waals surface area contributed by atoms with E-state index in [9.17, 15) is 4.39 Å². The van der Waals surface area contributed by atoms with Crippen molar-refractivity contribution in [2.45, 2.75) is 0 Å². The van der Waals surface area contributed by atoms with Crippen LogP contribution in [0.2, 0.25) is 0 Å². The SMILES string of the molecule is Fc1ccc(-c2nn3c(-c4cc5ccccc5[nH]4)nnc3s2)cc1. The Balaban J connectivity index is 1.65. The number of fused-ring (bicyclic) bond motifs is 2. The second-order valence-electron chi connectivity index (χ2n) is 5.40. The van der Waals surface area contributed by atoms with Gasteiger partial charge in [0, 0.05) is 16.5 Å². The quantitative estimate of drug-likeness (QED) is 0.527. The lowest BCUT2D eigenvalue weighted by atomic mass is 10.2. The number of rotatable bonds is 2. The van der Waals surface area contributed by atoms with Crippen LogP contribution in [0.15, 0.2) is 54.6 Å². The van der Waals surface area contributed by atoms with Gasteiger partial charge in [-0.1, -0.05) is 29.5 Å². The Bertz CT molecular complexity index is 1140. The molecule has 0 radical (unpaired) electrons. The molecule has 0 fully saturated rings. The Morgan fingerprint density at radius 1 is 1.00 bits per heavy atom. The number of nitrogens with zero attached hydrogens (tertiary/aromatic N) is 4. The number of hydrogen-bond donors (Lipinski definition) is 1.